The summed E-state index contributed by atoms with van der Waals surface area (Å²) in [4.78, 5) is 27.4. The number of thiocarbonyl (C=S) groups is 1. The van der Waals surface area contributed by atoms with Gasteiger partial charge in [0.25, 0.3) is 11.8 Å². The van der Waals surface area contributed by atoms with Crippen LogP contribution < -0.4 is 15.0 Å². The summed E-state index contributed by atoms with van der Waals surface area (Å²) in [6, 6.07) is 19.3. The molecule has 4 rings (SSSR count). The van der Waals surface area contributed by atoms with Crippen LogP contribution in [0.3, 0.4) is 0 Å². The Balaban J connectivity index is 1.65. The van der Waals surface area contributed by atoms with Crippen LogP contribution in [0, 0.1) is 11.3 Å². The third kappa shape index (κ3) is 5.83. The normalized spacial score (nSPS) is 15.7. The fourth-order valence-corrected chi connectivity index (χ4v) is 5.74. The first-order valence-electron chi connectivity index (χ1n) is 11.6. The quantitative estimate of drug-likeness (QED) is 0.179. The number of nitriles is 1. The van der Waals surface area contributed by atoms with Gasteiger partial charge in [-0.15, -0.1) is 11.3 Å². The Labute approximate surface area is 235 Å². The van der Waals surface area contributed by atoms with Crippen LogP contribution in [0.25, 0.3) is 12.2 Å². The SMILES string of the molecule is CC(C)(C)S(=O)(=O)C(C#N)=Cc1sccc1C=C1C(=O)NC(=S)N(c2ccc(Oc3ccccc3)cc2)C1=O. The number of hydrogen-bond donors (Lipinski definition) is 1. The van der Waals surface area contributed by atoms with Crippen LogP contribution >= 0.6 is 23.6 Å². The predicted octanol–water partition coefficient (Wildman–Crippen LogP) is 5.45. The van der Waals surface area contributed by atoms with Gasteiger partial charge in [0.15, 0.2) is 14.9 Å². The zero-order valence-corrected chi connectivity index (χ0v) is 23.6. The molecular formula is C28H23N3O5S3. The molecule has 1 saturated heterocycles. The molecule has 0 atom stereocenters. The van der Waals surface area contributed by atoms with Gasteiger partial charge < -0.3 is 4.74 Å². The number of amides is 2. The van der Waals surface area contributed by atoms with Crippen molar-refractivity contribution in [1.82, 2.24) is 5.32 Å². The summed E-state index contributed by atoms with van der Waals surface area (Å²) < 4.78 is 30.3. The van der Waals surface area contributed by atoms with Gasteiger partial charge in [-0.25, -0.2) is 8.42 Å². The molecule has 1 fully saturated rings. The van der Waals surface area contributed by atoms with E-state index in [1.807, 2.05) is 30.3 Å². The molecule has 0 aliphatic carbocycles. The molecule has 2 aromatic carbocycles. The number of thiophene rings is 1. The molecule has 0 saturated carbocycles. The first-order valence-corrected chi connectivity index (χ1v) is 14.4. The highest BCUT2D eigenvalue weighted by molar-refractivity contribution is 7.97. The summed E-state index contributed by atoms with van der Waals surface area (Å²) in [7, 11) is -3.91. The number of carbonyl (C=O) groups is 2. The Morgan fingerprint density at radius 1 is 1.05 bits per heavy atom. The number of allylic oxidation sites excluding steroid dienone is 1. The smallest absolute Gasteiger partial charge is 0.270 e. The molecule has 198 valence electrons. The van der Waals surface area contributed by atoms with Crippen molar-refractivity contribution in [2.75, 3.05) is 4.90 Å². The molecule has 0 unspecified atom stereocenters. The van der Waals surface area contributed by atoms with Crippen LogP contribution in [0.4, 0.5) is 5.69 Å². The molecule has 1 N–H and O–H groups in total. The van der Waals surface area contributed by atoms with Crippen molar-refractivity contribution < 1.29 is 22.7 Å². The number of hydrogen-bond acceptors (Lipinski definition) is 8. The van der Waals surface area contributed by atoms with Gasteiger partial charge in [0.2, 0.25) is 0 Å². The van der Waals surface area contributed by atoms with Gasteiger partial charge in [0.05, 0.1) is 10.4 Å². The number of benzene rings is 2. The van der Waals surface area contributed by atoms with E-state index in [0.29, 0.717) is 27.6 Å². The van der Waals surface area contributed by atoms with E-state index in [-0.39, 0.29) is 10.7 Å². The zero-order valence-electron chi connectivity index (χ0n) is 21.2. The minimum atomic E-state index is -3.91. The van der Waals surface area contributed by atoms with E-state index in [1.165, 1.54) is 49.2 Å². The average Bonchev–Trinajstić information content (AvgIpc) is 3.32. The number of para-hydroxylation sites is 1. The molecule has 1 aliphatic rings. The third-order valence-corrected chi connectivity index (χ3v) is 9.24. The number of ether oxygens (including phenoxy) is 1. The minimum absolute atomic E-state index is 0.0765. The van der Waals surface area contributed by atoms with Crippen molar-refractivity contribution in [3.05, 3.63) is 87.0 Å². The summed E-state index contributed by atoms with van der Waals surface area (Å²) in [6.07, 6.45) is 2.62. The highest BCUT2D eigenvalue weighted by Crippen LogP contribution is 2.31. The number of rotatable bonds is 6. The summed E-state index contributed by atoms with van der Waals surface area (Å²) in [5, 5.41) is 13.7. The van der Waals surface area contributed by atoms with Crippen molar-refractivity contribution in [3.8, 4) is 17.6 Å². The second-order valence-corrected chi connectivity index (χ2v) is 13.3. The maximum atomic E-state index is 13.4. The molecule has 0 spiro atoms. The van der Waals surface area contributed by atoms with E-state index < -0.39 is 31.3 Å². The predicted molar refractivity (Wildman–Crippen MR) is 156 cm³/mol. The Hall–Kier alpha value is -4.11. The molecule has 0 bridgehead atoms. The number of anilines is 1. The lowest BCUT2D eigenvalue weighted by atomic mass is 10.1. The number of carbonyl (C=O) groups excluding carboxylic acids is 2. The Kier molecular flexibility index (Phi) is 7.83. The molecule has 3 aromatic rings. The first-order chi connectivity index (χ1) is 18.4. The highest BCUT2D eigenvalue weighted by Gasteiger charge is 2.35. The van der Waals surface area contributed by atoms with Crippen molar-refractivity contribution in [2.24, 2.45) is 0 Å². The molecule has 1 aromatic heterocycles. The van der Waals surface area contributed by atoms with Gasteiger partial charge in [-0.3, -0.25) is 19.8 Å². The lowest BCUT2D eigenvalue weighted by Crippen LogP contribution is -2.54. The van der Waals surface area contributed by atoms with E-state index in [2.05, 4.69) is 5.32 Å². The lowest BCUT2D eigenvalue weighted by Gasteiger charge is -2.29. The Bertz CT molecular complexity index is 1660. The van der Waals surface area contributed by atoms with E-state index in [0.717, 1.165) is 0 Å². The molecule has 11 heteroatoms. The summed E-state index contributed by atoms with van der Waals surface area (Å²) in [5.74, 6) is -0.130. The average molecular weight is 578 g/mol. The maximum Gasteiger partial charge on any atom is 0.270 e. The Morgan fingerprint density at radius 3 is 2.31 bits per heavy atom. The van der Waals surface area contributed by atoms with Crippen LogP contribution in [-0.4, -0.2) is 30.1 Å². The molecule has 0 radical (unpaired) electrons. The molecule has 8 nitrogen and oxygen atoms in total. The highest BCUT2D eigenvalue weighted by atomic mass is 32.2. The Morgan fingerprint density at radius 2 is 1.69 bits per heavy atom. The van der Waals surface area contributed by atoms with Crippen molar-refractivity contribution >= 4 is 68.2 Å². The number of nitrogens with zero attached hydrogens (tertiary/aromatic N) is 2. The topological polar surface area (TPSA) is 117 Å². The van der Waals surface area contributed by atoms with Crippen LogP contribution in [0.5, 0.6) is 11.5 Å². The summed E-state index contributed by atoms with van der Waals surface area (Å²) >= 11 is 6.46. The molecule has 2 heterocycles. The molecular weight excluding hydrogens is 555 g/mol. The summed E-state index contributed by atoms with van der Waals surface area (Å²) in [5.41, 5.74) is 0.637. The van der Waals surface area contributed by atoms with Crippen LogP contribution in [0.1, 0.15) is 31.2 Å². The minimum Gasteiger partial charge on any atom is -0.457 e. The zero-order chi connectivity index (χ0) is 28.4. The second kappa shape index (κ2) is 10.9. The van der Waals surface area contributed by atoms with E-state index >= 15 is 0 Å². The van der Waals surface area contributed by atoms with Gasteiger partial charge in [0.1, 0.15) is 28.0 Å². The third-order valence-electron chi connectivity index (χ3n) is 5.67. The van der Waals surface area contributed by atoms with Gasteiger partial charge in [-0.05, 0) is 98.5 Å². The molecule has 1 aliphatic heterocycles. The monoisotopic (exact) mass is 577 g/mol. The van der Waals surface area contributed by atoms with Crippen LogP contribution in [0.2, 0.25) is 0 Å². The van der Waals surface area contributed by atoms with Crippen LogP contribution in [0.15, 0.2) is 76.5 Å². The van der Waals surface area contributed by atoms with E-state index in [1.54, 1.807) is 41.8 Å². The largest absolute Gasteiger partial charge is 0.457 e. The van der Waals surface area contributed by atoms with Gasteiger partial charge in [-0.1, -0.05) is 18.2 Å². The molecule has 2 amide bonds. The maximum absolute atomic E-state index is 13.4. The van der Waals surface area contributed by atoms with E-state index in [4.69, 9.17) is 17.0 Å². The molecule has 39 heavy (non-hydrogen) atoms. The van der Waals surface area contributed by atoms with Crippen LogP contribution in [-0.2, 0) is 19.4 Å². The van der Waals surface area contributed by atoms with Crippen molar-refractivity contribution in [2.45, 2.75) is 25.5 Å². The van der Waals surface area contributed by atoms with Gasteiger partial charge in [0, 0.05) is 4.88 Å². The van der Waals surface area contributed by atoms with Crippen molar-refractivity contribution in [1.29, 1.82) is 5.26 Å². The second-order valence-electron chi connectivity index (χ2n) is 9.34. The summed E-state index contributed by atoms with van der Waals surface area (Å²) in [6.45, 7) is 4.52. The van der Waals surface area contributed by atoms with E-state index in [9.17, 15) is 23.3 Å². The first kappa shape index (κ1) is 27.9. The van der Waals surface area contributed by atoms with Gasteiger partial charge >= 0.3 is 0 Å². The lowest BCUT2D eigenvalue weighted by molar-refractivity contribution is -0.122. The van der Waals surface area contributed by atoms with Crippen molar-refractivity contribution in [3.63, 3.8) is 0 Å². The fraction of sp³-hybridized carbons (Fsp3) is 0.143. The standard InChI is InChI=1S/C28H23N3O5S3/c1-28(2,3)39(34,35)22(17-29)16-24-18(13-14-38-24)15-23-25(32)30-27(37)31(26(23)33)19-9-11-21(12-10-19)36-20-7-5-4-6-8-20/h4-16H,1-3H3,(H,30,32,37). The fourth-order valence-electron chi connectivity index (χ4n) is 3.52. The number of sulfone groups is 1. The van der Waals surface area contributed by atoms with Gasteiger partial charge in [-0.2, -0.15) is 5.26 Å². The number of nitrogens with one attached hydrogen (secondary N) is 1.